The van der Waals surface area contributed by atoms with E-state index in [4.69, 9.17) is 4.35 Å². The Hall–Kier alpha value is -0.584. The summed E-state index contributed by atoms with van der Waals surface area (Å²) in [6, 6.07) is 0. The summed E-state index contributed by atoms with van der Waals surface area (Å²) < 4.78 is 256. The monoisotopic (exact) mass is 1240 g/mol. The Morgan fingerprint density at radius 3 is 0.970 bits per heavy atom. The predicted molar refractivity (Wildman–Crippen MR) is 234 cm³/mol. The number of hydrogen-bond acceptors (Lipinski definition) is 1. The molecule has 0 aromatic carbocycles. The molecule has 0 spiro atoms. The maximum absolute atomic E-state index is 13.2. The predicted octanol–water partition coefficient (Wildman–Crippen LogP) is 18.9. The van der Waals surface area contributed by atoms with Crippen LogP contribution in [-0.4, -0.2) is 96.3 Å². The fourth-order valence-corrected chi connectivity index (χ4v) is 15.7. The average Bonchev–Trinajstić information content (AvgIpc) is 3.16. The number of allylic oxidation sites excluding steroid dienone is 4. The second-order valence-electron chi connectivity index (χ2n) is 14.3. The molecule has 4 radical (unpaired) electrons. The van der Waals surface area contributed by atoms with Crippen LogP contribution in [0.3, 0.4) is 0 Å². The van der Waals surface area contributed by atoms with E-state index in [1.807, 2.05) is 12.2 Å². The molecule has 0 amide bonds. The second-order valence-corrected chi connectivity index (χ2v) is 25.7. The summed E-state index contributed by atoms with van der Waals surface area (Å²) in [5.74, 6) is -1.04. The molecule has 0 saturated carbocycles. The molecular formula is C40H63AlBF21INSn. The molecule has 0 aromatic heterocycles. The van der Waals surface area contributed by atoms with Crippen LogP contribution >= 0.6 is 22.6 Å². The summed E-state index contributed by atoms with van der Waals surface area (Å²) in [4.78, 5) is 0. The van der Waals surface area contributed by atoms with E-state index in [0.29, 0.717) is 0 Å². The van der Waals surface area contributed by atoms with Gasteiger partial charge in [0.15, 0.2) is 0 Å². The fourth-order valence-electron chi connectivity index (χ4n) is 4.79. The van der Waals surface area contributed by atoms with Gasteiger partial charge in [-0.1, -0.05) is 31.2 Å². The van der Waals surface area contributed by atoms with Gasteiger partial charge in [-0.05, 0) is 79.9 Å². The summed E-state index contributed by atoms with van der Waals surface area (Å²) in [6.07, 6.45) is -21.3. The van der Waals surface area contributed by atoms with Crippen molar-refractivity contribution < 1.29 is 92.2 Å². The van der Waals surface area contributed by atoms with Crippen molar-refractivity contribution in [1.82, 2.24) is 0 Å². The molecule has 392 valence electrons. The van der Waals surface area contributed by atoms with Crippen LogP contribution in [0.5, 0.6) is 0 Å². The van der Waals surface area contributed by atoms with E-state index in [-0.39, 0.29) is 56.7 Å². The van der Waals surface area contributed by atoms with Crippen molar-refractivity contribution in [3.63, 3.8) is 0 Å². The van der Waals surface area contributed by atoms with Crippen LogP contribution < -0.4 is 0 Å². The third-order valence-corrected chi connectivity index (χ3v) is 20.4. The van der Waals surface area contributed by atoms with E-state index < -0.39 is 97.0 Å². The van der Waals surface area contributed by atoms with E-state index in [2.05, 4.69) is 47.1 Å². The van der Waals surface area contributed by atoms with Crippen molar-refractivity contribution in [1.29, 1.82) is 4.35 Å². The van der Waals surface area contributed by atoms with Gasteiger partial charge in [-0.3, -0.25) is 0 Å². The first-order chi connectivity index (χ1) is 29.3. The normalized spacial score (nSPS) is 12.9. The molecule has 0 aliphatic rings. The Balaban J connectivity index is -0.000000134. The van der Waals surface area contributed by atoms with Gasteiger partial charge in [0.2, 0.25) is 0 Å². The summed E-state index contributed by atoms with van der Waals surface area (Å²) in [7, 11) is 0. The van der Waals surface area contributed by atoms with Gasteiger partial charge in [0, 0.05) is 14.8 Å². The van der Waals surface area contributed by atoms with Gasteiger partial charge in [0.05, 0.1) is 0 Å². The third kappa shape index (κ3) is 34.7. The summed E-state index contributed by atoms with van der Waals surface area (Å²) in [5, 5.41) is 0. The molecule has 66 heavy (non-hydrogen) atoms. The van der Waals surface area contributed by atoms with Crippen LogP contribution in [0.25, 0.3) is 0 Å². The van der Waals surface area contributed by atoms with Crippen molar-refractivity contribution in [3.8, 4) is 0 Å². The Morgan fingerprint density at radius 1 is 0.470 bits per heavy atom. The Bertz CT molecular complexity index is 1130. The Kier molecular flexibility index (Phi) is 47.1. The van der Waals surface area contributed by atoms with E-state index in [0.717, 1.165) is 19.8 Å². The molecule has 1 nitrogen and oxygen atoms in total. The second kappa shape index (κ2) is 39.1. The number of nitrogens with one attached hydrogen (secondary N) is 1. The molecular weight excluding hydrogens is 1180 g/mol. The molecule has 1 unspecified atom stereocenters. The quantitative estimate of drug-likeness (QED) is 0.0279. The summed E-state index contributed by atoms with van der Waals surface area (Å²) in [6.45, 7) is 21.8. The van der Waals surface area contributed by atoms with Gasteiger partial charge >= 0.3 is 154 Å². The molecule has 0 saturated heterocycles. The van der Waals surface area contributed by atoms with Gasteiger partial charge in [-0.25, -0.2) is 13.2 Å². The minimum absolute atomic E-state index is 0. The molecule has 0 fully saturated rings. The number of unbranched alkanes of at least 4 members (excludes halogenated alkanes) is 6. The van der Waals surface area contributed by atoms with Crippen LogP contribution in [0.15, 0.2) is 50.6 Å². The van der Waals surface area contributed by atoms with E-state index in [9.17, 15) is 92.2 Å². The van der Waals surface area contributed by atoms with Gasteiger partial charge < -0.3 is 0 Å². The van der Waals surface area contributed by atoms with Crippen molar-refractivity contribution in [2.75, 3.05) is 0 Å². The summed E-state index contributed by atoms with van der Waals surface area (Å²) in [5.41, 5.74) is -10.2. The zero-order valence-corrected chi connectivity index (χ0v) is 44.1. The van der Waals surface area contributed by atoms with Crippen LogP contribution in [0.1, 0.15) is 124 Å². The number of alkyl halides is 22. The first-order valence-electron chi connectivity index (χ1n) is 20.2. The minimum atomic E-state index is -5.95. The number of halogens is 22. The Labute approximate surface area is 407 Å². The summed E-state index contributed by atoms with van der Waals surface area (Å²) >= 11 is 0.372. The molecule has 0 bridgehead atoms. The molecule has 1 atom stereocenters. The number of rotatable bonds is 22. The van der Waals surface area contributed by atoms with Gasteiger partial charge in [0.25, 0.3) is 11.3 Å². The van der Waals surface area contributed by atoms with Crippen molar-refractivity contribution in [2.45, 2.75) is 189 Å². The third-order valence-electron chi connectivity index (χ3n) is 8.65. The molecule has 1 N–H and O–H groups in total. The fraction of sp³-hybridized carbons (Fsp3) is 0.800. The van der Waals surface area contributed by atoms with Crippen molar-refractivity contribution in [3.05, 3.63) is 50.6 Å². The first kappa shape index (κ1) is 79.5. The number of hydrogen-bond donors (Lipinski definition) is 1. The van der Waals surface area contributed by atoms with Crippen molar-refractivity contribution in [2.24, 2.45) is 5.92 Å². The van der Waals surface area contributed by atoms with Crippen LogP contribution in [0.2, 0.25) is 13.3 Å². The Morgan fingerprint density at radius 2 is 0.758 bits per heavy atom. The van der Waals surface area contributed by atoms with Crippen molar-refractivity contribution >= 4 is 66.9 Å². The first-order valence-corrected chi connectivity index (χ1v) is 28.8. The van der Waals surface area contributed by atoms with E-state index in [1.165, 1.54) is 50.7 Å². The van der Waals surface area contributed by atoms with Gasteiger partial charge in [-0.15, -0.1) is 26.3 Å². The molecule has 0 rings (SSSR count). The zero-order chi connectivity index (χ0) is 53.2. The zero-order valence-electron chi connectivity index (χ0n) is 37.5. The topological polar surface area (TPSA) is 23.9 Å². The molecule has 0 aliphatic carbocycles. The van der Waals surface area contributed by atoms with E-state index >= 15 is 0 Å². The molecule has 26 heteroatoms. The van der Waals surface area contributed by atoms with Crippen LogP contribution in [-0.2, 0) is 0 Å². The maximum atomic E-state index is 13.2. The van der Waals surface area contributed by atoms with Gasteiger partial charge in [0.1, 0.15) is 0 Å². The van der Waals surface area contributed by atoms with Gasteiger partial charge in [-0.2, -0.15) is 79.0 Å². The van der Waals surface area contributed by atoms with Crippen LogP contribution in [0.4, 0.5) is 92.2 Å². The van der Waals surface area contributed by atoms with E-state index in [1.54, 1.807) is 29.4 Å². The van der Waals surface area contributed by atoms with Crippen LogP contribution in [0, 0.1) is 10.3 Å². The SMILES string of the molecule is C=CCCC(C)CC(F)(C(F)(F)F)C(F)(F)F.C=CCCC=C.C=CCCCCC(F)(C(F)(F)F)C(F)(F)F.CCC[CH2][SnH]([CH2]CCC)[CH2]CCC.FC(F)(F)C(F)(I)C(F)(F)F.[B].[NH]=[Al]. The average molecular weight is 1240 g/mol. The standard InChI is InChI=1S/C10H13F7.C9H11F7.C6H10.3C4H9.C3F7I.Al.B.HN.Sn.H/c1-3-4-5-7(2)6-8(11,9(12,13)14)10(15,16)17;1-2-3-4-5-6-7(10,8(11,12)13)9(14,15)16;1-3-5-6-4-2;3*1-3-4-2;4-1(11,2(5,6)7)3(8,9)10;;;;;/h3,7H,1,4-6H2,2H3;2H,1,3-6H2;3-4H,1-2,5-6H2;3*1,3-4H2,2H3;;;;1H;;. The molecule has 0 aromatic rings. The molecule has 0 heterocycles. The molecule has 0 aliphatic heterocycles.